The van der Waals surface area contributed by atoms with Crippen molar-refractivity contribution < 1.29 is 9.59 Å². The molecule has 0 radical (unpaired) electrons. The minimum atomic E-state index is 0.111. The minimum absolute atomic E-state index is 0.111. The van der Waals surface area contributed by atoms with Gasteiger partial charge in [0.15, 0.2) is 0 Å². The molecule has 2 atom stereocenters. The number of nitrogens with zero attached hydrogens (tertiary/aromatic N) is 1. The summed E-state index contributed by atoms with van der Waals surface area (Å²) in [6, 6.07) is 15.6. The van der Waals surface area contributed by atoms with Gasteiger partial charge in [-0.25, -0.2) is 0 Å². The number of pyridine rings is 1. The number of carbonyl (C=O) groups excluding carboxylic acids is 2. The molecule has 1 saturated carbocycles. The normalized spacial score (nSPS) is 19.2. The number of Topliss-reactive ketones (excluding diaryl/α,β-unsaturated/α-hetero) is 1. The van der Waals surface area contributed by atoms with Crippen molar-refractivity contribution in [3.8, 4) is 0 Å². The molecular weight excluding hydrogens is 298 g/mol. The van der Waals surface area contributed by atoms with Gasteiger partial charge in [0.2, 0.25) is 0 Å². The molecule has 24 heavy (non-hydrogen) atoms. The summed E-state index contributed by atoms with van der Waals surface area (Å²) in [6.45, 7) is 0. The lowest BCUT2D eigenvalue weighted by molar-refractivity contribution is -0.119. The largest absolute Gasteiger partial charge is 0.299 e. The van der Waals surface area contributed by atoms with Crippen molar-refractivity contribution in [1.82, 2.24) is 4.98 Å². The van der Waals surface area contributed by atoms with E-state index in [0.29, 0.717) is 23.7 Å². The SMILES string of the molecule is O=Cc1ccc([C@@H]2C[C@H]2C(=O)Cc2ccc3cnccc3c2)cc1. The number of aldehydes is 1. The van der Waals surface area contributed by atoms with E-state index in [0.717, 1.165) is 34.6 Å². The molecule has 1 aromatic heterocycles. The summed E-state index contributed by atoms with van der Waals surface area (Å²) in [6.07, 6.45) is 5.84. The molecule has 3 nitrogen and oxygen atoms in total. The minimum Gasteiger partial charge on any atom is -0.299 e. The van der Waals surface area contributed by atoms with Crippen molar-refractivity contribution in [3.63, 3.8) is 0 Å². The van der Waals surface area contributed by atoms with Crippen molar-refractivity contribution in [2.24, 2.45) is 5.92 Å². The lowest BCUT2D eigenvalue weighted by Crippen LogP contribution is -2.06. The maximum atomic E-state index is 12.5. The summed E-state index contributed by atoms with van der Waals surface area (Å²) >= 11 is 0. The Morgan fingerprint density at radius 2 is 1.92 bits per heavy atom. The fraction of sp³-hybridized carbons (Fsp3) is 0.190. The Labute approximate surface area is 140 Å². The molecule has 0 spiro atoms. The Bertz CT molecular complexity index is 915. The van der Waals surface area contributed by atoms with Crippen LogP contribution < -0.4 is 0 Å². The first kappa shape index (κ1) is 14.8. The van der Waals surface area contributed by atoms with Crippen molar-refractivity contribution in [2.45, 2.75) is 18.8 Å². The van der Waals surface area contributed by atoms with Crippen LogP contribution in [0.2, 0.25) is 0 Å². The van der Waals surface area contributed by atoms with Crippen LogP contribution in [0.25, 0.3) is 10.8 Å². The summed E-state index contributed by atoms with van der Waals surface area (Å²) in [4.78, 5) is 27.4. The molecule has 0 aliphatic heterocycles. The number of carbonyl (C=O) groups is 2. The number of hydrogen-bond acceptors (Lipinski definition) is 3. The van der Waals surface area contributed by atoms with Crippen molar-refractivity contribution >= 4 is 22.8 Å². The van der Waals surface area contributed by atoms with E-state index in [-0.39, 0.29) is 5.92 Å². The van der Waals surface area contributed by atoms with E-state index in [1.807, 2.05) is 48.7 Å². The highest BCUT2D eigenvalue weighted by Gasteiger charge is 2.43. The number of benzene rings is 2. The molecule has 0 unspecified atom stereocenters. The second kappa shape index (κ2) is 6.00. The topological polar surface area (TPSA) is 47.0 Å². The van der Waals surface area contributed by atoms with E-state index in [2.05, 4.69) is 11.1 Å². The zero-order chi connectivity index (χ0) is 16.5. The van der Waals surface area contributed by atoms with Crippen LogP contribution in [-0.2, 0) is 11.2 Å². The van der Waals surface area contributed by atoms with E-state index in [1.54, 1.807) is 6.20 Å². The first-order chi connectivity index (χ1) is 11.7. The third-order valence-corrected chi connectivity index (χ3v) is 4.79. The summed E-state index contributed by atoms with van der Waals surface area (Å²) in [5.74, 6) is 0.718. The van der Waals surface area contributed by atoms with Crippen LogP contribution in [0.4, 0.5) is 0 Å². The first-order valence-corrected chi connectivity index (χ1v) is 8.15. The zero-order valence-corrected chi connectivity index (χ0v) is 13.2. The van der Waals surface area contributed by atoms with Gasteiger partial charge in [-0.3, -0.25) is 14.6 Å². The number of aromatic nitrogens is 1. The second-order valence-corrected chi connectivity index (χ2v) is 6.43. The summed E-state index contributed by atoms with van der Waals surface area (Å²) in [5, 5.41) is 2.21. The molecule has 0 bridgehead atoms. The van der Waals surface area contributed by atoms with E-state index < -0.39 is 0 Å². The van der Waals surface area contributed by atoms with Gasteiger partial charge in [0.25, 0.3) is 0 Å². The Hall–Kier alpha value is -2.81. The van der Waals surface area contributed by atoms with Crippen LogP contribution in [0.15, 0.2) is 60.9 Å². The van der Waals surface area contributed by atoms with Crippen LogP contribution >= 0.6 is 0 Å². The van der Waals surface area contributed by atoms with Crippen LogP contribution in [0, 0.1) is 5.92 Å². The maximum Gasteiger partial charge on any atom is 0.150 e. The number of hydrogen-bond donors (Lipinski definition) is 0. The molecule has 2 aromatic carbocycles. The van der Waals surface area contributed by atoms with Crippen LogP contribution in [0.1, 0.15) is 33.8 Å². The van der Waals surface area contributed by atoms with Gasteiger partial charge in [-0.15, -0.1) is 0 Å². The highest BCUT2D eigenvalue weighted by Crippen LogP contribution is 2.48. The number of fused-ring (bicyclic) bond motifs is 1. The first-order valence-electron chi connectivity index (χ1n) is 8.15. The third-order valence-electron chi connectivity index (χ3n) is 4.79. The molecule has 1 aliphatic carbocycles. The van der Waals surface area contributed by atoms with E-state index in [4.69, 9.17) is 0 Å². The van der Waals surface area contributed by atoms with E-state index in [1.165, 1.54) is 0 Å². The summed E-state index contributed by atoms with van der Waals surface area (Å²) in [5.41, 5.74) is 2.89. The molecule has 1 aliphatic rings. The maximum absolute atomic E-state index is 12.5. The molecule has 3 aromatic rings. The van der Waals surface area contributed by atoms with Crippen molar-refractivity contribution in [1.29, 1.82) is 0 Å². The van der Waals surface area contributed by atoms with Gasteiger partial charge in [0.05, 0.1) is 0 Å². The van der Waals surface area contributed by atoms with Crippen LogP contribution in [-0.4, -0.2) is 17.1 Å². The quantitative estimate of drug-likeness (QED) is 0.669. The van der Waals surface area contributed by atoms with Crippen LogP contribution in [0.5, 0.6) is 0 Å². The standard InChI is InChI=1S/C21H17NO2/c23-13-14-1-4-16(5-2-14)19-11-20(19)21(24)10-15-3-6-18-12-22-8-7-17(18)9-15/h1-9,12-13,19-20H,10-11H2/t19-,20+/m0/s1. The Kier molecular flexibility index (Phi) is 3.69. The Balaban J connectivity index is 1.45. The highest BCUT2D eigenvalue weighted by atomic mass is 16.1. The smallest absolute Gasteiger partial charge is 0.150 e. The van der Waals surface area contributed by atoms with Gasteiger partial charge in [-0.1, -0.05) is 42.5 Å². The molecule has 0 N–H and O–H groups in total. The lowest BCUT2D eigenvalue weighted by Gasteiger charge is -2.04. The molecule has 1 heterocycles. The van der Waals surface area contributed by atoms with Crippen molar-refractivity contribution in [3.05, 3.63) is 77.6 Å². The average molecular weight is 315 g/mol. The van der Waals surface area contributed by atoms with E-state index >= 15 is 0 Å². The monoisotopic (exact) mass is 315 g/mol. The third kappa shape index (κ3) is 2.85. The summed E-state index contributed by atoms with van der Waals surface area (Å²) < 4.78 is 0. The molecule has 1 fully saturated rings. The molecule has 4 rings (SSSR count). The zero-order valence-electron chi connectivity index (χ0n) is 13.2. The van der Waals surface area contributed by atoms with E-state index in [9.17, 15) is 9.59 Å². The predicted octanol–water partition coefficient (Wildman–Crippen LogP) is 3.96. The van der Waals surface area contributed by atoms with Gasteiger partial charge in [0.1, 0.15) is 12.1 Å². The average Bonchev–Trinajstić information content (AvgIpc) is 3.42. The van der Waals surface area contributed by atoms with Gasteiger partial charge < -0.3 is 0 Å². The molecule has 0 saturated heterocycles. The summed E-state index contributed by atoms with van der Waals surface area (Å²) in [7, 11) is 0. The number of ketones is 1. The Morgan fingerprint density at radius 1 is 1.08 bits per heavy atom. The van der Waals surface area contributed by atoms with Crippen molar-refractivity contribution in [2.75, 3.05) is 0 Å². The molecule has 118 valence electrons. The van der Waals surface area contributed by atoms with Crippen LogP contribution in [0.3, 0.4) is 0 Å². The molecular formula is C21H17NO2. The predicted molar refractivity (Wildman–Crippen MR) is 93.1 cm³/mol. The van der Waals surface area contributed by atoms with Gasteiger partial charge >= 0.3 is 0 Å². The molecule has 0 amide bonds. The van der Waals surface area contributed by atoms with Gasteiger partial charge in [-0.2, -0.15) is 0 Å². The highest BCUT2D eigenvalue weighted by molar-refractivity contribution is 5.89. The second-order valence-electron chi connectivity index (χ2n) is 6.43. The van der Waals surface area contributed by atoms with Gasteiger partial charge in [-0.05, 0) is 34.9 Å². The Morgan fingerprint density at radius 3 is 2.71 bits per heavy atom. The fourth-order valence-corrected chi connectivity index (χ4v) is 3.32. The molecule has 3 heteroatoms. The fourth-order valence-electron chi connectivity index (χ4n) is 3.32. The van der Waals surface area contributed by atoms with Gasteiger partial charge in [0, 0.05) is 35.7 Å². The number of rotatable bonds is 5. The lowest BCUT2D eigenvalue weighted by atomic mass is 10.0.